The maximum atomic E-state index is 12.7. The minimum Gasteiger partial charge on any atom is -0.458 e. The molecule has 2 rings (SSSR count). The summed E-state index contributed by atoms with van der Waals surface area (Å²) in [4.78, 5) is 49.5. The van der Waals surface area contributed by atoms with Gasteiger partial charge in [0.15, 0.2) is 11.5 Å². The number of esters is 3. The molecule has 0 heterocycles. The lowest BCUT2D eigenvalue weighted by Gasteiger charge is -2.22. The molecule has 0 aromatic heterocycles. The van der Waals surface area contributed by atoms with Gasteiger partial charge in [-0.3, -0.25) is 14.4 Å². The van der Waals surface area contributed by atoms with Gasteiger partial charge in [-0.2, -0.15) is 0 Å². The number of ether oxygens (including phenoxy) is 5. The van der Waals surface area contributed by atoms with Crippen LogP contribution in [0.2, 0.25) is 0 Å². The fourth-order valence-corrected chi connectivity index (χ4v) is 3.15. The molecule has 0 aliphatic carbocycles. The lowest BCUT2D eigenvalue weighted by Crippen LogP contribution is -2.39. The largest absolute Gasteiger partial charge is 0.514 e. The minimum atomic E-state index is -1.07. The van der Waals surface area contributed by atoms with Crippen molar-refractivity contribution in [2.24, 2.45) is 17.6 Å². The smallest absolute Gasteiger partial charge is 0.458 e. The summed E-state index contributed by atoms with van der Waals surface area (Å²) in [6.45, 7) is 10.3. The van der Waals surface area contributed by atoms with Gasteiger partial charge in [0.1, 0.15) is 24.0 Å². The van der Waals surface area contributed by atoms with Crippen LogP contribution in [0, 0.1) is 11.8 Å². The number of hydrogen-bond donors (Lipinski definition) is 1. The van der Waals surface area contributed by atoms with E-state index in [-0.39, 0.29) is 29.8 Å². The molecule has 0 saturated heterocycles. The molecule has 0 bridgehead atoms. The highest BCUT2D eigenvalue weighted by molar-refractivity contribution is 5.79. The summed E-state index contributed by atoms with van der Waals surface area (Å²) >= 11 is 0. The SMILES string of the molecule is CCC(C)C(=O)Oc1ccc(C[C@H](N)C(=O)O[C@@H](C)[C@H](C)OC(=O)Oc2ccccc2)cc1OC(=O)C(C)CC. The van der Waals surface area contributed by atoms with Crippen molar-refractivity contribution in [3.8, 4) is 17.2 Å². The fraction of sp³-hybridized carbons (Fsp3) is 0.467. The second-order valence-electron chi connectivity index (χ2n) is 9.68. The Bertz CT molecular complexity index is 1150. The van der Waals surface area contributed by atoms with E-state index in [1.165, 1.54) is 12.1 Å². The van der Waals surface area contributed by atoms with Crippen LogP contribution >= 0.6 is 0 Å². The third-order valence-electron chi connectivity index (χ3n) is 6.41. The van der Waals surface area contributed by atoms with Crippen LogP contribution in [0.5, 0.6) is 17.2 Å². The predicted molar refractivity (Wildman–Crippen MR) is 147 cm³/mol. The first-order valence-electron chi connectivity index (χ1n) is 13.4. The zero-order valence-electron chi connectivity index (χ0n) is 23.9. The van der Waals surface area contributed by atoms with Crippen LogP contribution in [0.4, 0.5) is 4.79 Å². The number of para-hydroxylation sites is 1. The van der Waals surface area contributed by atoms with Gasteiger partial charge < -0.3 is 29.4 Å². The first-order valence-corrected chi connectivity index (χ1v) is 13.4. The zero-order chi connectivity index (χ0) is 29.8. The molecule has 0 aliphatic rings. The Morgan fingerprint density at radius 1 is 0.700 bits per heavy atom. The average Bonchev–Trinajstić information content (AvgIpc) is 2.93. The molecule has 0 radical (unpaired) electrons. The molecule has 10 nitrogen and oxygen atoms in total. The topological polar surface area (TPSA) is 140 Å². The van der Waals surface area contributed by atoms with Crippen LogP contribution in [-0.2, 0) is 30.3 Å². The maximum Gasteiger partial charge on any atom is 0.514 e. The van der Waals surface area contributed by atoms with E-state index in [4.69, 9.17) is 29.4 Å². The molecule has 10 heteroatoms. The van der Waals surface area contributed by atoms with E-state index >= 15 is 0 Å². The zero-order valence-corrected chi connectivity index (χ0v) is 23.9. The molecule has 0 fully saturated rings. The summed E-state index contributed by atoms with van der Waals surface area (Å²) in [5, 5.41) is 0. The Kier molecular flexibility index (Phi) is 12.6. The number of carbonyl (C=O) groups excluding carboxylic acids is 4. The summed E-state index contributed by atoms with van der Waals surface area (Å²) in [6, 6.07) is 12.0. The third kappa shape index (κ3) is 10.00. The average molecular weight is 558 g/mol. The number of nitrogens with two attached hydrogens (primary N) is 1. The van der Waals surface area contributed by atoms with E-state index in [1.807, 2.05) is 13.8 Å². The van der Waals surface area contributed by atoms with Crippen molar-refractivity contribution in [2.75, 3.05) is 0 Å². The Labute approximate surface area is 235 Å². The van der Waals surface area contributed by atoms with Gasteiger partial charge in [-0.05, 0) is 62.9 Å². The van der Waals surface area contributed by atoms with Crippen LogP contribution in [0.15, 0.2) is 48.5 Å². The Morgan fingerprint density at radius 3 is 1.82 bits per heavy atom. The summed E-state index contributed by atoms with van der Waals surface area (Å²) in [6.07, 6.45) is -1.34. The van der Waals surface area contributed by atoms with Crippen molar-refractivity contribution in [1.29, 1.82) is 0 Å². The van der Waals surface area contributed by atoms with Crippen molar-refractivity contribution >= 4 is 24.1 Å². The predicted octanol–water partition coefficient (Wildman–Crippen LogP) is 5.00. The van der Waals surface area contributed by atoms with Gasteiger partial charge in [0.05, 0.1) is 11.8 Å². The van der Waals surface area contributed by atoms with E-state index in [2.05, 4.69) is 0 Å². The molecule has 2 unspecified atom stereocenters. The molecular formula is C30H39NO9. The number of carbonyl (C=O) groups is 4. The first kappa shape index (κ1) is 32.3. The Hall–Kier alpha value is -3.92. The normalized spacial score (nSPS) is 14.6. The van der Waals surface area contributed by atoms with Gasteiger partial charge in [-0.1, -0.05) is 52.0 Å². The van der Waals surface area contributed by atoms with Crippen molar-refractivity contribution in [1.82, 2.24) is 0 Å². The third-order valence-corrected chi connectivity index (χ3v) is 6.41. The van der Waals surface area contributed by atoms with Crippen molar-refractivity contribution in [3.63, 3.8) is 0 Å². The quantitative estimate of drug-likeness (QED) is 0.203. The van der Waals surface area contributed by atoms with Crippen LogP contribution in [0.3, 0.4) is 0 Å². The molecule has 40 heavy (non-hydrogen) atoms. The lowest BCUT2D eigenvalue weighted by atomic mass is 10.1. The number of hydrogen-bond acceptors (Lipinski definition) is 10. The standard InChI is InChI=1S/C30H39NO9/c1-7-18(3)27(32)39-25-15-14-22(17-26(25)40-28(33)19(4)8-2)16-24(31)29(34)36-20(5)21(6)37-30(35)38-23-12-10-9-11-13-23/h9-15,17-21,24H,7-8,16,31H2,1-6H3/t18?,19?,20-,21-,24-/m0/s1. The number of rotatable bonds is 13. The first-order chi connectivity index (χ1) is 18.9. The van der Waals surface area contributed by atoms with Crippen molar-refractivity contribution in [3.05, 3.63) is 54.1 Å². The van der Waals surface area contributed by atoms with Gasteiger partial charge in [-0.15, -0.1) is 0 Å². The van der Waals surface area contributed by atoms with Crippen LogP contribution < -0.4 is 19.9 Å². The summed E-state index contributed by atoms with van der Waals surface area (Å²) in [5.41, 5.74) is 6.66. The summed E-state index contributed by atoms with van der Waals surface area (Å²) in [5.74, 6) is -1.86. The molecule has 2 aromatic carbocycles. The molecule has 0 spiro atoms. The Balaban J connectivity index is 2.04. The molecule has 2 aromatic rings. The van der Waals surface area contributed by atoms with Crippen LogP contribution in [0.25, 0.3) is 0 Å². The molecule has 0 saturated carbocycles. The van der Waals surface area contributed by atoms with Gasteiger partial charge in [0.25, 0.3) is 0 Å². The molecule has 2 N–H and O–H groups in total. The maximum absolute atomic E-state index is 12.7. The second kappa shape index (κ2) is 15.6. The Morgan fingerprint density at radius 2 is 1.25 bits per heavy atom. The monoisotopic (exact) mass is 557 g/mol. The highest BCUT2D eigenvalue weighted by atomic mass is 16.7. The molecular weight excluding hydrogens is 518 g/mol. The second-order valence-corrected chi connectivity index (χ2v) is 9.68. The van der Waals surface area contributed by atoms with E-state index in [0.717, 1.165) is 0 Å². The highest BCUT2D eigenvalue weighted by Crippen LogP contribution is 2.31. The van der Waals surface area contributed by atoms with Crippen LogP contribution in [0.1, 0.15) is 59.9 Å². The fourth-order valence-electron chi connectivity index (χ4n) is 3.15. The number of benzene rings is 2. The van der Waals surface area contributed by atoms with Crippen molar-refractivity contribution in [2.45, 2.75) is 79.1 Å². The van der Waals surface area contributed by atoms with Gasteiger partial charge in [-0.25, -0.2) is 4.79 Å². The van der Waals surface area contributed by atoms with E-state index in [0.29, 0.717) is 24.2 Å². The highest BCUT2D eigenvalue weighted by Gasteiger charge is 2.26. The molecule has 0 amide bonds. The van der Waals surface area contributed by atoms with Gasteiger partial charge in [0, 0.05) is 0 Å². The van der Waals surface area contributed by atoms with E-state index in [1.54, 1.807) is 64.1 Å². The van der Waals surface area contributed by atoms with E-state index < -0.39 is 42.3 Å². The summed E-state index contributed by atoms with van der Waals surface area (Å²) in [7, 11) is 0. The molecule has 0 aliphatic heterocycles. The van der Waals surface area contributed by atoms with Crippen molar-refractivity contribution < 1.29 is 42.9 Å². The molecule has 218 valence electrons. The van der Waals surface area contributed by atoms with Gasteiger partial charge >= 0.3 is 24.1 Å². The summed E-state index contributed by atoms with van der Waals surface area (Å²) < 4.78 is 26.7. The minimum absolute atomic E-state index is 0.0459. The van der Waals surface area contributed by atoms with Crippen LogP contribution in [-0.4, -0.2) is 42.3 Å². The van der Waals surface area contributed by atoms with Gasteiger partial charge in [0.2, 0.25) is 0 Å². The van der Waals surface area contributed by atoms with E-state index in [9.17, 15) is 19.2 Å². The molecule has 5 atom stereocenters. The lowest BCUT2D eigenvalue weighted by molar-refractivity contribution is -0.155.